The Hall–Kier alpha value is -1.46. The van der Waals surface area contributed by atoms with E-state index in [0.29, 0.717) is 5.02 Å². The number of nitrogens with zero attached hydrogens (tertiary/aromatic N) is 2. The molecule has 2 aromatic carbocycles. The van der Waals surface area contributed by atoms with Gasteiger partial charge in [-0.05, 0) is 27.4 Å². The molecule has 0 bridgehead atoms. The largest absolute Gasteiger partial charge is 2.00 e. The van der Waals surface area contributed by atoms with Crippen LogP contribution in [0.2, 0.25) is 5.02 Å². The van der Waals surface area contributed by atoms with Gasteiger partial charge in [-0.15, -0.1) is 35.8 Å². The number of hydrogen-bond acceptors (Lipinski definition) is 3. The minimum atomic E-state index is 0. The summed E-state index contributed by atoms with van der Waals surface area (Å²) in [6.45, 7) is 5.58. The second-order valence-corrected chi connectivity index (χ2v) is 6.62. The Balaban J connectivity index is 0.000000574. The van der Waals surface area contributed by atoms with Crippen LogP contribution in [0.4, 0.5) is 0 Å². The second kappa shape index (κ2) is 12.2. The molecule has 2 aromatic heterocycles. The van der Waals surface area contributed by atoms with Crippen LogP contribution in [0.15, 0.2) is 65.8 Å². The van der Waals surface area contributed by atoms with E-state index in [1.165, 1.54) is 0 Å². The fourth-order valence-electron chi connectivity index (χ4n) is 2.39. The zero-order valence-corrected chi connectivity index (χ0v) is 19.3. The molecule has 2 heterocycles. The number of hydrogen-bond donors (Lipinski definition) is 1. The van der Waals surface area contributed by atoms with Gasteiger partial charge in [0.1, 0.15) is 4.60 Å². The molecule has 3 nitrogen and oxygen atoms in total. The van der Waals surface area contributed by atoms with Gasteiger partial charge in [-0.2, -0.15) is 42.5 Å². The maximum absolute atomic E-state index is 5.59. The number of aryl methyl sites for hydroxylation is 1. The van der Waals surface area contributed by atoms with E-state index in [1.807, 2.05) is 55.5 Å². The van der Waals surface area contributed by atoms with Crippen LogP contribution in [-0.4, -0.2) is 9.97 Å². The summed E-state index contributed by atoms with van der Waals surface area (Å²) in [4.78, 5) is 8.99. The topological polar surface area (TPSA) is 60.8 Å². The zero-order chi connectivity index (χ0) is 17.8. The molecule has 0 fully saturated rings. The quantitative estimate of drug-likeness (QED) is 0.129. The van der Waals surface area contributed by atoms with Crippen molar-refractivity contribution in [3.8, 4) is 0 Å². The normalized spacial score (nSPS) is 9.25. The van der Waals surface area contributed by atoms with Crippen molar-refractivity contribution in [2.45, 2.75) is 6.92 Å². The van der Waals surface area contributed by atoms with E-state index < -0.39 is 0 Å². The summed E-state index contributed by atoms with van der Waals surface area (Å²) in [6, 6.07) is 20.6. The Morgan fingerprint density at radius 1 is 0.964 bits per heavy atom. The van der Waals surface area contributed by atoms with Gasteiger partial charge in [0.15, 0.2) is 0 Å². The first-order valence-corrected chi connectivity index (χ1v) is 8.77. The maximum atomic E-state index is 5.59. The number of halogens is 3. The van der Waals surface area contributed by atoms with Crippen molar-refractivity contribution in [3.05, 3.63) is 94.2 Å². The molecule has 0 aliphatic rings. The molecular weight excluding hydrogens is 501 g/mol. The van der Waals surface area contributed by atoms with Crippen molar-refractivity contribution in [2.75, 3.05) is 0 Å². The molecule has 0 spiro atoms. The second-order valence-electron chi connectivity index (χ2n) is 5.40. The predicted molar refractivity (Wildman–Crippen MR) is 120 cm³/mol. The van der Waals surface area contributed by atoms with Gasteiger partial charge in [0, 0.05) is 5.39 Å². The molecule has 0 amide bonds. The Kier molecular flexibility index (Phi) is 11.5. The Morgan fingerprint density at radius 2 is 1.54 bits per heavy atom. The zero-order valence-electron chi connectivity index (χ0n) is 15.0. The van der Waals surface area contributed by atoms with Gasteiger partial charge >= 0.3 is 17.1 Å². The van der Waals surface area contributed by atoms with E-state index in [0.717, 1.165) is 37.7 Å². The fourth-order valence-corrected chi connectivity index (χ4v) is 2.92. The number of aromatic nitrogens is 2. The first-order chi connectivity index (χ1) is 12.1. The third-order valence-electron chi connectivity index (χ3n) is 3.57. The summed E-state index contributed by atoms with van der Waals surface area (Å²) in [5.41, 5.74) is 3.61. The minimum absolute atomic E-state index is 0. The van der Waals surface area contributed by atoms with Gasteiger partial charge in [-0.3, -0.25) is 4.98 Å². The van der Waals surface area contributed by atoms with Crippen molar-refractivity contribution in [1.82, 2.24) is 16.1 Å². The van der Waals surface area contributed by atoms with Crippen LogP contribution >= 0.6 is 39.9 Å². The maximum Gasteiger partial charge on any atom is 2.00 e. The average Bonchev–Trinajstić information content (AvgIpc) is 2.61. The van der Waals surface area contributed by atoms with Crippen molar-refractivity contribution in [1.29, 1.82) is 0 Å². The molecule has 0 saturated carbocycles. The summed E-state index contributed by atoms with van der Waals surface area (Å²) in [5, 5.41) is 2.83. The van der Waals surface area contributed by atoms with E-state index >= 15 is 0 Å². The standard InChI is InChI=1S/C14H8BrN2.C7H6Cl.ClH.Fe.H3N/c1-2-11-7-5-9-3-4-10-6-8-12(15)17-14(10)13(9)16-11;1-6-3-2-4-7(8)5-6;;;/h3-8H,1H2;2-4H,1H3;1H;;1H3/q2*-1;;+2;. The van der Waals surface area contributed by atoms with Crippen molar-refractivity contribution in [3.63, 3.8) is 0 Å². The SMILES string of the molecule is C=[C-]c1ccc2ccc3ccc(Br)nc3c2n1.Cc1[c-]c(Cl)ccc1.Cl.N.[Fe+2]. The van der Waals surface area contributed by atoms with Crippen LogP contribution in [0, 0.1) is 19.1 Å². The summed E-state index contributed by atoms with van der Waals surface area (Å²) in [5.74, 6) is 0. The van der Waals surface area contributed by atoms with E-state index in [2.05, 4.69) is 50.7 Å². The smallest absolute Gasteiger partial charge is 0.344 e. The van der Waals surface area contributed by atoms with E-state index in [-0.39, 0.29) is 35.6 Å². The molecule has 0 aliphatic carbocycles. The van der Waals surface area contributed by atoms with Gasteiger partial charge in [0.25, 0.3) is 0 Å². The number of benzene rings is 2. The third kappa shape index (κ3) is 6.56. The molecule has 0 atom stereocenters. The molecule has 0 aliphatic heterocycles. The Bertz CT molecular complexity index is 1060. The number of fused-ring (bicyclic) bond motifs is 3. The van der Waals surface area contributed by atoms with Gasteiger partial charge < -0.3 is 6.15 Å². The molecule has 4 rings (SSSR count). The van der Waals surface area contributed by atoms with Crippen molar-refractivity contribution < 1.29 is 17.1 Å². The molecule has 0 unspecified atom stereocenters. The first kappa shape index (κ1) is 26.5. The van der Waals surface area contributed by atoms with Gasteiger partial charge in [-0.1, -0.05) is 30.1 Å². The molecule has 146 valence electrons. The molecule has 0 saturated heterocycles. The summed E-state index contributed by atoms with van der Waals surface area (Å²) in [7, 11) is 0. The van der Waals surface area contributed by atoms with Gasteiger partial charge in [-0.25, -0.2) is 11.1 Å². The third-order valence-corrected chi connectivity index (χ3v) is 4.23. The molecule has 3 N–H and O–H groups in total. The summed E-state index contributed by atoms with van der Waals surface area (Å²) < 4.78 is 0.812. The van der Waals surface area contributed by atoms with Gasteiger partial charge in [0.05, 0.1) is 11.0 Å². The van der Waals surface area contributed by atoms with Crippen molar-refractivity contribution in [2.24, 2.45) is 0 Å². The van der Waals surface area contributed by atoms with Crippen LogP contribution in [0.3, 0.4) is 0 Å². The van der Waals surface area contributed by atoms with Gasteiger partial charge in [0.2, 0.25) is 0 Å². The molecule has 7 heteroatoms. The fraction of sp³-hybridized carbons (Fsp3) is 0.0476. The average molecular weight is 519 g/mol. The Morgan fingerprint density at radius 3 is 2.07 bits per heavy atom. The van der Waals surface area contributed by atoms with E-state index in [4.69, 9.17) is 11.6 Å². The van der Waals surface area contributed by atoms with E-state index in [9.17, 15) is 0 Å². The molecule has 0 radical (unpaired) electrons. The summed E-state index contributed by atoms with van der Waals surface area (Å²) >= 11 is 8.98. The van der Waals surface area contributed by atoms with E-state index in [1.54, 1.807) is 0 Å². The summed E-state index contributed by atoms with van der Waals surface area (Å²) in [6.07, 6.45) is 2.80. The van der Waals surface area contributed by atoms with Crippen LogP contribution in [0.25, 0.3) is 21.8 Å². The van der Waals surface area contributed by atoms with Crippen LogP contribution in [0.5, 0.6) is 0 Å². The predicted octanol–water partition coefficient (Wildman–Crippen LogP) is 6.91. The molecule has 28 heavy (non-hydrogen) atoms. The molecular formula is C21H18BrCl2FeN3. The Labute approximate surface area is 195 Å². The monoisotopic (exact) mass is 517 g/mol. The molecule has 4 aromatic rings. The number of rotatable bonds is 1. The van der Waals surface area contributed by atoms with Crippen LogP contribution < -0.4 is 6.15 Å². The van der Waals surface area contributed by atoms with Crippen LogP contribution in [0.1, 0.15) is 11.3 Å². The van der Waals surface area contributed by atoms with Crippen molar-refractivity contribution >= 4 is 61.7 Å². The van der Waals surface area contributed by atoms with Crippen LogP contribution in [-0.2, 0) is 17.1 Å². The first-order valence-electron chi connectivity index (χ1n) is 7.60. The minimum Gasteiger partial charge on any atom is -0.344 e. The number of pyridine rings is 2.